The molecule has 6 heteroatoms. The van der Waals surface area contributed by atoms with E-state index in [9.17, 15) is 4.79 Å². The summed E-state index contributed by atoms with van der Waals surface area (Å²) in [5.74, 6) is 1.22. The zero-order valence-electron chi connectivity index (χ0n) is 11.3. The molecular weight excluding hydrogens is 294 g/mol. The van der Waals surface area contributed by atoms with Crippen molar-refractivity contribution < 1.29 is 14.3 Å². The molecule has 0 amide bonds. The minimum Gasteiger partial charge on any atom is -0.494 e. The Morgan fingerprint density at radius 1 is 1.50 bits per heavy atom. The molecule has 20 heavy (non-hydrogen) atoms. The number of esters is 1. The minimum atomic E-state index is -0.337. The lowest BCUT2D eigenvalue weighted by Crippen LogP contribution is -1.93. The van der Waals surface area contributed by atoms with E-state index in [1.54, 1.807) is 29.2 Å². The Morgan fingerprint density at radius 3 is 3.10 bits per heavy atom. The summed E-state index contributed by atoms with van der Waals surface area (Å²) in [6.07, 6.45) is 3.20. The Hall–Kier alpha value is -1.53. The average molecular weight is 309 g/mol. The molecule has 0 N–H and O–H groups in total. The Kier molecular flexibility index (Phi) is 5.43. The van der Waals surface area contributed by atoms with Crippen molar-refractivity contribution >= 4 is 39.3 Å². The Labute approximate surface area is 125 Å². The summed E-state index contributed by atoms with van der Waals surface area (Å²) in [6, 6.07) is 5.90. The standard InChI is InChI=1S/C14H15NO3S2/c1-3-18-10-6-7-11-12(9-10)20-14(15-11)19-8-4-5-13(16)17-2/h4-7,9H,3,8H2,1-2H3/b5-4+. The molecule has 0 aliphatic carbocycles. The third-order valence-electron chi connectivity index (χ3n) is 2.41. The summed E-state index contributed by atoms with van der Waals surface area (Å²) in [5.41, 5.74) is 0.970. The summed E-state index contributed by atoms with van der Waals surface area (Å²) in [7, 11) is 1.36. The molecule has 0 radical (unpaired) electrons. The molecule has 0 spiro atoms. The number of carbonyl (C=O) groups excluding carboxylic acids is 1. The molecule has 1 aromatic carbocycles. The van der Waals surface area contributed by atoms with Crippen LogP contribution in [0.15, 0.2) is 34.7 Å². The van der Waals surface area contributed by atoms with Gasteiger partial charge in [0.1, 0.15) is 5.75 Å². The van der Waals surface area contributed by atoms with Crippen molar-refractivity contribution in [2.75, 3.05) is 19.5 Å². The molecule has 0 aliphatic heterocycles. The molecule has 0 aliphatic rings. The van der Waals surface area contributed by atoms with Gasteiger partial charge in [0.2, 0.25) is 0 Å². The van der Waals surface area contributed by atoms with Gasteiger partial charge in [0.25, 0.3) is 0 Å². The predicted octanol–water partition coefficient (Wildman–Crippen LogP) is 3.52. The van der Waals surface area contributed by atoms with E-state index in [0.29, 0.717) is 12.4 Å². The molecule has 0 bridgehead atoms. The van der Waals surface area contributed by atoms with Gasteiger partial charge < -0.3 is 9.47 Å². The maximum absolute atomic E-state index is 10.9. The molecule has 0 unspecified atom stereocenters. The zero-order valence-corrected chi connectivity index (χ0v) is 12.9. The predicted molar refractivity (Wildman–Crippen MR) is 82.7 cm³/mol. The SMILES string of the molecule is CCOc1ccc2nc(SC/C=C/C(=O)OC)sc2c1. The van der Waals surface area contributed by atoms with E-state index < -0.39 is 0 Å². The van der Waals surface area contributed by atoms with Gasteiger partial charge in [0.15, 0.2) is 4.34 Å². The number of hydrogen-bond acceptors (Lipinski definition) is 6. The number of thiazole rings is 1. The second-order valence-corrected chi connectivity index (χ2v) is 6.08. The number of nitrogens with zero attached hydrogens (tertiary/aromatic N) is 1. The highest BCUT2D eigenvalue weighted by Crippen LogP contribution is 2.31. The second-order valence-electron chi connectivity index (χ2n) is 3.78. The summed E-state index contributed by atoms with van der Waals surface area (Å²) < 4.78 is 12.1. The minimum absolute atomic E-state index is 0.337. The number of fused-ring (bicyclic) bond motifs is 1. The van der Waals surface area contributed by atoms with E-state index >= 15 is 0 Å². The molecule has 0 atom stereocenters. The molecule has 0 saturated carbocycles. The van der Waals surface area contributed by atoms with Gasteiger partial charge in [-0.3, -0.25) is 0 Å². The van der Waals surface area contributed by atoms with E-state index in [2.05, 4.69) is 9.72 Å². The van der Waals surface area contributed by atoms with Crippen LogP contribution in [-0.4, -0.2) is 30.4 Å². The summed E-state index contributed by atoms with van der Waals surface area (Å²) in [5, 5.41) is 0. The van der Waals surface area contributed by atoms with Crippen LogP contribution in [-0.2, 0) is 9.53 Å². The van der Waals surface area contributed by atoms with Gasteiger partial charge in [-0.2, -0.15) is 0 Å². The van der Waals surface area contributed by atoms with Crippen LogP contribution in [0.5, 0.6) is 5.75 Å². The number of thioether (sulfide) groups is 1. The summed E-state index contributed by atoms with van der Waals surface area (Å²) in [4.78, 5) is 15.4. The molecule has 0 fully saturated rings. The Balaban J connectivity index is 2.00. The molecule has 1 heterocycles. The first-order valence-electron chi connectivity index (χ1n) is 6.13. The number of hydrogen-bond donors (Lipinski definition) is 0. The highest BCUT2D eigenvalue weighted by atomic mass is 32.2. The topological polar surface area (TPSA) is 48.4 Å². The highest BCUT2D eigenvalue weighted by Gasteiger charge is 2.05. The summed E-state index contributed by atoms with van der Waals surface area (Å²) in [6.45, 7) is 2.62. The van der Waals surface area contributed by atoms with Gasteiger partial charge in [-0.15, -0.1) is 11.3 Å². The van der Waals surface area contributed by atoms with Crippen LogP contribution in [0.25, 0.3) is 10.2 Å². The largest absolute Gasteiger partial charge is 0.494 e. The van der Waals surface area contributed by atoms with Gasteiger partial charge in [0.05, 0.1) is 23.9 Å². The molecular formula is C14H15NO3S2. The Morgan fingerprint density at radius 2 is 2.35 bits per heavy atom. The van der Waals surface area contributed by atoms with Crippen LogP contribution < -0.4 is 4.74 Å². The first-order valence-corrected chi connectivity index (χ1v) is 7.94. The molecule has 2 aromatic rings. The fraction of sp³-hybridized carbons (Fsp3) is 0.286. The van der Waals surface area contributed by atoms with Gasteiger partial charge in [-0.05, 0) is 25.1 Å². The van der Waals surface area contributed by atoms with E-state index in [0.717, 1.165) is 20.3 Å². The smallest absolute Gasteiger partial charge is 0.330 e. The number of methoxy groups -OCH3 is 1. The van der Waals surface area contributed by atoms with Gasteiger partial charge >= 0.3 is 5.97 Å². The normalized spacial score (nSPS) is 11.1. The van der Waals surface area contributed by atoms with Crippen molar-refractivity contribution in [1.82, 2.24) is 4.98 Å². The van der Waals surface area contributed by atoms with Crippen molar-refractivity contribution in [2.24, 2.45) is 0 Å². The van der Waals surface area contributed by atoms with Gasteiger partial charge in [-0.25, -0.2) is 9.78 Å². The molecule has 106 valence electrons. The number of rotatable bonds is 6. The van der Waals surface area contributed by atoms with Gasteiger partial charge in [-0.1, -0.05) is 17.8 Å². The molecule has 4 nitrogen and oxygen atoms in total. The van der Waals surface area contributed by atoms with Crippen LogP contribution >= 0.6 is 23.1 Å². The third kappa shape index (κ3) is 3.98. The van der Waals surface area contributed by atoms with Crippen molar-refractivity contribution in [3.63, 3.8) is 0 Å². The number of ether oxygens (including phenoxy) is 2. The molecule has 1 aromatic heterocycles. The van der Waals surface area contributed by atoms with E-state index in [1.165, 1.54) is 13.2 Å². The van der Waals surface area contributed by atoms with Crippen LogP contribution in [0.1, 0.15) is 6.92 Å². The van der Waals surface area contributed by atoms with Crippen molar-refractivity contribution in [2.45, 2.75) is 11.3 Å². The maximum Gasteiger partial charge on any atom is 0.330 e. The quantitative estimate of drug-likeness (QED) is 0.464. The highest BCUT2D eigenvalue weighted by molar-refractivity contribution is 8.01. The van der Waals surface area contributed by atoms with Crippen LogP contribution in [0.4, 0.5) is 0 Å². The molecule has 0 saturated heterocycles. The fourth-order valence-electron chi connectivity index (χ4n) is 1.53. The number of carbonyl (C=O) groups is 1. The van der Waals surface area contributed by atoms with E-state index in [4.69, 9.17) is 4.74 Å². The van der Waals surface area contributed by atoms with Crippen molar-refractivity contribution in [3.8, 4) is 5.75 Å². The third-order valence-corrected chi connectivity index (χ3v) is 4.52. The number of benzene rings is 1. The number of aromatic nitrogens is 1. The van der Waals surface area contributed by atoms with Crippen LogP contribution in [0.3, 0.4) is 0 Å². The zero-order chi connectivity index (χ0) is 14.4. The monoisotopic (exact) mass is 309 g/mol. The molecule has 2 rings (SSSR count). The van der Waals surface area contributed by atoms with Crippen LogP contribution in [0.2, 0.25) is 0 Å². The van der Waals surface area contributed by atoms with E-state index in [1.807, 2.05) is 25.1 Å². The average Bonchev–Trinajstić information content (AvgIpc) is 2.85. The van der Waals surface area contributed by atoms with E-state index in [-0.39, 0.29) is 5.97 Å². The van der Waals surface area contributed by atoms with Crippen molar-refractivity contribution in [1.29, 1.82) is 0 Å². The van der Waals surface area contributed by atoms with Crippen molar-refractivity contribution in [3.05, 3.63) is 30.4 Å². The Bertz CT molecular complexity index is 622. The lowest BCUT2D eigenvalue weighted by molar-refractivity contribution is -0.134. The second kappa shape index (κ2) is 7.31. The first kappa shape index (κ1) is 14.9. The van der Waals surface area contributed by atoms with Crippen LogP contribution in [0, 0.1) is 0 Å². The fourth-order valence-corrected chi connectivity index (χ4v) is 3.47. The maximum atomic E-state index is 10.9. The first-order chi connectivity index (χ1) is 9.72. The van der Waals surface area contributed by atoms with Gasteiger partial charge in [0, 0.05) is 11.8 Å². The summed E-state index contributed by atoms with van der Waals surface area (Å²) >= 11 is 3.21. The lowest BCUT2D eigenvalue weighted by Gasteiger charge is -2.00. The lowest BCUT2D eigenvalue weighted by atomic mass is 10.3.